The molecule has 0 aliphatic carbocycles. The molecule has 18 heavy (non-hydrogen) atoms. The average molecular weight is 269 g/mol. The summed E-state index contributed by atoms with van der Waals surface area (Å²) >= 11 is 1.67. The molecule has 0 fully saturated rings. The van der Waals surface area contributed by atoms with Gasteiger partial charge in [0.2, 0.25) is 0 Å². The smallest absolute Gasteiger partial charge is 0.0795 e. The minimum atomic E-state index is 0.357. The Morgan fingerprint density at radius 3 is 2.78 bits per heavy atom. The molecule has 0 saturated carbocycles. The topological polar surface area (TPSA) is 28.2 Å². The number of nitrogens with zero attached hydrogens (tertiary/aromatic N) is 2. The maximum absolute atomic E-state index is 4.36. The molecule has 0 spiro atoms. The maximum Gasteiger partial charge on any atom is 0.0795 e. The molecule has 104 valence electrons. The molecule has 0 aromatic carbocycles. The van der Waals surface area contributed by atoms with Crippen LogP contribution in [0.5, 0.6) is 0 Å². The third-order valence-corrected chi connectivity index (χ3v) is 3.86. The van der Waals surface area contributed by atoms with Crippen molar-refractivity contribution in [3.05, 3.63) is 16.6 Å². The predicted molar refractivity (Wildman–Crippen MR) is 80.0 cm³/mol. The van der Waals surface area contributed by atoms with Gasteiger partial charge in [0.05, 0.1) is 11.2 Å². The molecule has 4 heteroatoms. The third-order valence-electron chi connectivity index (χ3n) is 3.22. The van der Waals surface area contributed by atoms with Crippen molar-refractivity contribution in [3.8, 4) is 0 Å². The molecule has 1 N–H and O–H groups in total. The van der Waals surface area contributed by atoms with Crippen molar-refractivity contribution in [2.24, 2.45) is 5.41 Å². The molecule has 0 radical (unpaired) electrons. The zero-order chi connectivity index (χ0) is 13.4. The molecule has 0 bridgehead atoms. The highest BCUT2D eigenvalue weighted by Gasteiger charge is 2.24. The Morgan fingerprint density at radius 2 is 2.22 bits per heavy atom. The molecule has 0 saturated heterocycles. The predicted octanol–water partition coefficient (Wildman–Crippen LogP) is 2.99. The lowest BCUT2D eigenvalue weighted by Gasteiger charge is -2.34. The lowest BCUT2D eigenvalue weighted by Crippen LogP contribution is -2.40. The Labute approximate surface area is 116 Å². The Hall–Kier alpha value is -0.450. The Bertz CT molecular complexity index is 313. The second kappa shape index (κ2) is 7.87. The van der Waals surface area contributed by atoms with Crippen LogP contribution in [-0.4, -0.2) is 36.6 Å². The summed E-state index contributed by atoms with van der Waals surface area (Å²) in [7, 11) is 2.19. The molecule has 0 aliphatic heterocycles. The largest absolute Gasteiger partial charge is 0.316 e. The zero-order valence-corrected chi connectivity index (χ0v) is 13.0. The van der Waals surface area contributed by atoms with E-state index in [4.69, 9.17) is 0 Å². The number of nitrogens with one attached hydrogen (secondary N) is 1. The van der Waals surface area contributed by atoms with Crippen molar-refractivity contribution in [2.75, 3.05) is 26.7 Å². The van der Waals surface area contributed by atoms with E-state index in [0.29, 0.717) is 5.41 Å². The van der Waals surface area contributed by atoms with Gasteiger partial charge in [-0.3, -0.25) is 4.90 Å². The first-order chi connectivity index (χ1) is 8.59. The quantitative estimate of drug-likeness (QED) is 0.747. The van der Waals surface area contributed by atoms with Crippen LogP contribution in [0.4, 0.5) is 0 Å². The van der Waals surface area contributed by atoms with Crippen LogP contribution in [0.2, 0.25) is 0 Å². The maximum atomic E-state index is 4.36. The van der Waals surface area contributed by atoms with E-state index >= 15 is 0 Å². The van der Waals surface area contributed by atoms with Crippen LogP contribution in [0, 0.1) is 5.41 Å². The summed E-state index contributed by atoms with van der Waals surface area (Å²) in [5, 5.41) is 5.63. The normalized spacial score (nSPS) is 14.9. The van der Waals surface area contributed by atoms with Gasteiger partial charge in [-0.2, -0.15) is 0 Å². The van der Waals surface area contributed by atoms with E-state index in [2.05, 4.69) is 48.4 Å². The van der Waals surface area contributed by atoms with Crippen LogP contribution in [-0.2, 0) is 6.54 Å². The molecule has 1 aromatic rings. The SMILES string of the molecule is CCCC(C)(CNCC)CN(C)Cc1cscn1. The lowest BCUT2D eigenvalue weighted by molar-refractivity contribution is 0.168. The van der Waals surface area contributed by atoms with Crippen molar-refractivity contribution in [2.45, 2.75) is 40.2 Å². The Kier molecular flexibility index (Phi) is 6.82. The summed E-state index contributed by atoms with van der Waals surface area (Å²) in [4.78, 5) is 6.75. The van der Waals surface area contributed by atoms with Crippen LogP contribution >= 0.6 is 11.3 Å². The Morgan fingerprint density at radius 1 is 1.44 bits per heavy atom. The van der Waals surface area contributed by atoms with Gasteiger partial charge in [-0.25, -0.2) is 4.98 Å². The molecule has 1 aromatic heterocycles. The summed E-state index contributed by atoms with van der Waals surface area (Å²) in [6, 6.07) is 0. The Balaban J connectivity index is 2.48. The molecule has 1 heterocycles. The molecule has 1 unspecified atom stereocenters. The van der Waals surface area contributed by atoms with Gasteiger partial charge in [-0.1, -0.05) is 27.2 Å². The number of hydrogen-bond acceptors (Lipinski definition) is 4. The number of hydrogen-bond donors (Lipinski definition) is 1. The number of thiazole rings is 1. The first-order valence-electron chi connectivity index (χ1n) is 6.86. The van der Waals surface area contributed by atoms with E-state index in [1.165, 1.54) is 18.5 Å². The van der Waals surface area contributed by atoms with E-state index < -0.39 is 0 Å². The molecule has 1 rings (SSSR count). The number of aromatic nitrogens is 1. The number of rotatable bonds is 9. The van der Waals surface area contributed by atoms with Crippen LogP contribution in [0.25, 0.3) is 0 Å². The van der Waals surface area contributed by atoms with E-state index in [9.17, 15) is 0 Å². The van der Waals surface area contributed by atoms with Crippen LogP contribution < -0.4 is 5.32 Å². The van der Waals surface area contributed by atoms with Gasteiger partial charge in [-0.05, 0) is 25.4 Å². The van der Waals surface area contributed by atoms with Gasteiger partial charge in [-0.15, -0.1) is 11.3 Å². The van der Waals surface area contributed by atoms with Crippen molar-refractivity contribution >= 4 is 11.3 Å². The van der Waals surface area contributed by atoms with E-state index in [-0.39, 0.29) is 0 Å². The minimum Gasteiger partial charge on any atom is -0.316 e. The summed E-state index contributed by atoms with van der Waals surface area (Å²) in [5.74, 6) is 0. The minimum absolute atomic E-state index is 0.357. The van der Waals surface area contributed by atoms with Crippen LogP contribution in [0.1, 0.15) is 39.3 Å². The molecule has 1 atom stereocenters. The van der Waals surface area contributed by atoms with Gasteiger partial charge >= 0.3 is 0 Å². The fraction of sp³-hybridized carbons (Fsp3) is 0.786. The average Bonchev–Trinajstić information content (AvgIpc) is 2.79. The van der Waals surface area contributed by atoms with Gasteiger partial charge in [0.15, 0.2) is 0 Å². The molecular weight excluding hydrogens is 242 g/mol. The standard InChI is InChI=1S/C14H27N3S/c1-5-7-14(3,10-15-6-2)11-17(4)8-13-9-18-12-16-13/h9,12,15H,5-8,10-11H2,1-4H3. The van der Waals surface area contributed by atoms with Crippen LogP contribution in [0.3, 0.4) is 0 Å². The first-order valence-corrected chi connectivity index (χ1v) is 7.80. The second-order valence-corrected chi connectivity index (χ2v) is 6.21. The van der Waals surface area contributed by atoms with Crippen molar-refractivity contribution in [3.63, 3.8) is 0 Å². The summed E-state index contributed by atoms with van der Waals surface area (Å²) in [6.45, 7) is 11.0. The van der Waals surface area contributed by atoms with Gasteiger partial charge in [0.25, 0.3) is 0 Å². The molecule has 0 aliphatic rings. The van der Waals surface area contributed by atoms with Gasteiger partial charge in [0, 0.05) is 25.0 Å². The highest BCUT2D eigenvalue weighted by Crippen LogP contribution is 2.24. The van der Waals surface area contributed by atoms with Crippen molar-refractivity contribution in [1.82, 2.24) is 15.2 Å². The van der Waals surface area contributed by atoms with E-state index in [1.807, 2.05) is 5.51 Å². The fourth-order valence-corrected chi connectivity index (χ4v) is 3.10. The second-order valence-electron chi connectivity index (χ2n) is 5.49. The summed E-state index contributed by atoms with van der Waals surface area (Å²) < 4.78 is 0. The van der Waals surface area contributed by atoms with E-state index in [0.717, 1.165) is 26.2 Å². The van der Waals surface area contributed by atoms with Crippen molar-refractivity contribution in [1.29, 1.82) is 0 Å². The molecule has 3 nitrogen and oxygen atoms in total. The third kappa shape index (κ3) is 5.46. The van der Waals surface area contributed by atoms with Gasteiger partial charge < -0.3 is 5.32 Å². The fourth-order valence-electron chi connectivity index (χ4n) is 2.55. The van der Waals surface area contributed by atoms with Crippen molar-refractivity contribution < 1.29 is 0 Å². The monoisotopic (exact) mass is 269 g/mol. The van der Waals surface area contributed by atoms with Crippen LogP contribution in [0.15, 0.2) is 10.9 Å². The lowest BCUT2D eigenvalue weighted by atomic mass is 9.85. The van der Waals surface area contributed by atoms with E-state index in [1.54, 1.807) is 11.3 Å². The molecule has 0 amide bonds. The highest BCUT2D eigenvalue weighted by atomic mass is 32.1. The highest BCUT2D eigenvalue weighted by molar-refractivity contribution is 7.07. The van der Waals surface area contributed by atoms with Gasteiger partial charge in [0.1, 0.15) is 0 Å². The summed E-state index contributed by atoms with van der Waals surface area (Å²) in [5.41, 5.74) is 3.45. The summed E-state index contributed by atoms with van der Waals surface area (Å²) in [6.07, 6.45) is 2.51. The zero-order valence-electron chi connectivity index (χ0n) is 12.2. The first kappa shape index (κ1) is 15.6. The molecular formula is C14H27N3S.